The SMILES string of the molecule is CCCCCCOc1ccc(Br)cc1C(=O)NNC(=O)COc1ccc2ccccc2c1. The molecule has 0 atom stereocenters. The van der Waals surface area contributed by atoms with Crippen molar-refractivity contribution < 1.29 is 19.1 Å². The van der Waals surface area contributed by atoms with Crippen LogP contribution in [0.1, 0.15) is 43.0 Å². The van der Waals surface area contributed by atoms with Gasteiger partial charge in [0.15, 0.2) is 6.61 Å². The van der Waals surface area contributed by atoms with Crippen molar-refractivity contribution in [1.29, 1.82) is 0 Å². The van der Waals surface area contributed by atoms with Crippen LogP contribution in [0.25, 0.3) is 10.8 Å². The quantitative estimate of drug-likeness (QED) is 0.289. The molecular weight excluding hydrogens is 472 g/mol. The number of benzene rings is 3. The maximum atomic E-state index is 12.6. The van der Waals surface area contributed by atoms with Gasteiger partial charge in [-0.15, -0.1) is 0 Å². The number of hydrazine groups is 1. The van der Waals surface area contributed by atoms with Crippen molar-refractivity contribution in [2.75, 3.05) is 13.2 Å². The van der Waals surface area contributed by atoms with Gasteiger partial charge in [-0.2, -0.15) is 0 Å². The van der Waals surface area contributed by atoms with Gasteiger partial charge in [-0.3, -0.25) is 20.4 Å². The normalized spacial score (nSPS) is 10.6. The second-order valence-electron chi connectivity index (χ2n) is 7.35. The molecule has 32 heavy (non-hydrogen) atoms. The Bertz CT molecular complexity index is 1070. The zero-order valence-electron chi connectivity index (χ0n) is 18.0. The Morgan fingerprint density at radius 2 is 1.69 bits per heavy atom. The highest BCUT2D eigenvalue weighted by Gasteiger charge is 2.14. The molecule has 168 valence electrons. The molecule has 0 fully saturated rings. The first-order chi connectivity index (χ1) is 15.6. The summed E-state index contributed by atoms with van der Waals surface area (Å²) in [7, 11) is 0. The average molecular weight is 499 g/mol. The fraction of sp³-hybridized carbons (Fsp3) is 0.280. The van der Waals surface area contributed by atoms with E-state index in [-0.39, 0.29) is 6.61 Å². The summed E-state index contributed by atoms with van der Waals surface area (Å²) in [5, 5.41) is 2.12. The van der Waals surface area contributed by atoms with E-state index in [0.29, 0.717) is 23.7 Å². The minimum atomic E-state index is -0.469. The highest BCUT2D eigenvalue weighted by atomic mass is 79.9. The molecule has 0 radical (unpaired) electrons. The van der Waals surface area contributed by atoms with Crippen LogP contribution in [0.15, 0.2) is 65.1 Å². The van der Waals surface area contributed by atoms with E-state index in [1.165, 1.54) is 0 Å². The summed E-state index contributed by atoms with van der Waals surface area (Å²) in [4.78, 5) is 24.8. The van der Waals surface area contributed by atoms with Gasteiger partial charge in [0.1, 0.15) is 11.5 Å². The number of halogens is 1. The zero-order valence-corrected chi connectivity index (χ0v) is 19.6. The Morgan fingerprint density at radius 1 is 0.875 bits per heavy atom. The molecule has 0 bridgehead atoms. The van der Waals surface area contributed by atoms with Crippen LogP contribution in [0.4, 0.5) is 0 Å². The van der Waals surface area contributed by atoms with Crippen molar-refractivity contribution in [3.8, 4) is 11.5 Å². The summed E-state index contributed by atoms with van der Waals surface area (Å²) in [6.45, 7) is 2.46. The molecule has 0 aliphatic heterocycles. The predicted octanol–water partition coefficient (Wildman–Crippen LogP) is 5.40. The van der Waals surface area contributed by atoms with Crippen LogP contribution in [-0.2, 0) is 4.79 Å². The smallest absolute Gasteiger partial charge is 0.276 e. The van der Waals surface area contributed by atoms with E-state index in [1.54, 1.807) is 18.2 Å². The number of nitrogens with one attached hydrogen (secondary N) is 2. The van der Waals surface area contributed by atoms with E-state index >= 15 is 0 Å². The summed E-state index contributed by atoms with van der Waals surface area (Å²) >= 11 is 3.37. The maximum absolute atomic E-state index is 12.6. The first kappa shape index (κ1) is 23.6. The van der Waals surface area contributed by atoms with Gasteiger partial charge >= 0.3 is 0 Å². The van der Waals surface area contributed by atoms with Crippen molar-refractivity contribution >= 4 is 38.5 Å². The number of amides is 2. The first-order valence-corrected chi connectivity index (χ1v) is 11.5. The number of rotatable bonds is 10. The van der Waals surface area contributed by atoms with Crippen molar-refractivity contribution in [2.24, 2.45) is 0 Å². The molecule has 6 nitrogen and oxygen atoms in total. The molecule has 3 aromatic carbocycles. The Kier molecular flexibility index (Phi) is 8.92. The van der Waals surface area contributed by atoms with Gasteiger partial charge in [0, 0.05) is 4.47 Å². The van der Waals surface area contributed by atoms with Crippen LogP contribution in [0.5, 0.6) is 11.5 Å². The topological polar surface area (TPSA) is 76.7 Å². The lowest BCUT2D eigenvalue weighted by Crippen LogP contribution is -2.44. The molecule has 0 aliphatic rings. The number of carbonyl (C=O) groups excluding carboxylic acids is 2. The van der Waals surface area contributed by atoms with E-state index in [4.69, 9.17) is 9.47 Å². The Balaban J connectivity index is 1.50. The molecule has 0 saturated carbocycles. The van der Waals surface area contributed by atoms with Gasteiger partial charge in [0.2, 0.25) is 0 Å². The summed E-state index contributed by atoms with van der Waals surface area (Å²) in [5.41, 5.74) is 5.15. The minimum absolute atomic E-state index is 0.224. The van der Waals surface area contributed by atoms with Crippen LogP contribution in [0.3, 0.4) is 0 Å². The Morgan fingerprint density at radius 3 is 2.50 bits per heavy atom. The Hall–Kier alpha value is -3.06. The van der Waals surface area contributed by atoms with Crippen LogP contribution < -0.4 is 20.3 Å². The molecule has 7 heteroatoms. The van der Waals surface area contributed by atoms with Crippen LogP contribution >= 0.6 is 15.9 Å². The van der Waals surface area contributed by atoms with Gasteiger partial charge in [0.05, 0.1) is 12.2 Å². The molecule has 0 unspecified atom stereocenters. The number of unbranched alkanes of at least 4 members (excludes halogenated alkanes) is 3. The molecule has 0 heterocycles. The van der Waals surface area contributed by atoms with E-state index in [0.717, 1.165) is 40.9 Å². The second kappa shape index (κ2) is 12.1. The molecule has 0 saturated heterocycles. The molecule has 0 aromatic heterocycles. The Labute approximate surface area is 196 Å². The average Bonchev–Trinajstić information content (AvgIpc) is 2.81. The number of carbonyl (C=O) groups is 2. The summed E-state index contributed by atoms with van der Waals surface area (Å²) < 4.78 is 12.1. The number of ether oxygens (including phenoxy) is 2. The monoisotopic (exact) mass is 498 g/mol. The van der Waals surface area contributed by atoms with Crippen molar-refractivity contribution in [3.05, 3.63) is 70.7 Å². The van der Waals surface area contributed by atoms with Gasteiger partial charge < -0.3 is 9.47 Å². The lowest BCUT2D eigenvalue weighted by atomic mass is 10.1. The highest BCUT2D eigenvalue weighted by Crippen LogP contribution is 2.24. The van der Waals surface area contributed by atoms with E-state index in [9.17, 15) is 9.59 Å². The minimum Gasteiger partial charge on any atom is -0.493 e. The van der Waals surface area contributed by atoms with E-state index in [1.807, 2.05) is 42.5 Å². The second-order valence-corrected chi connectivity index (χ2v) is 8.27. The van der Waals surface area contributed by atoms with Crippen LogP contribution in [0, 0.1) is 0 Å². The molecule has 3 aromatic rings. The third-order valence-corrected chi connectivity index (χ3v) is 5.34. The third-order valence-electron chi connectivity index (χ3n) is 4.85. The molecule has 2 amide bonds. The molecule has 0 aliphatic carbocycles. The summed E-state index contributed by atoms with van der Waals surface area (Å²) in [6.07, 6.45) is 4.32. The van der Waals surface area contributed by atoms with Gasteiger partial charge in [-0.05, 0) is 47.5 Å². The zero-order chi connectivity index (χ0) is 22.8. The van der Waals surface area contributed by atoms with Crippen molar-refractivity contribution in [3.63, 3.8) is 0 Å². The third kappa shape index (κ3) is 6.99. The van der Waals surface area contributed by atoms with Crippen LogP contribution in [0.2, 0.25) is 0 Å². The maximum Gasteiger partial charge on any atom is 0.276 e. The van der Waals surface area contributed by atoms with Gasteiger partial charge in [-0.1, -0.05) is 72.4 Å². The fourth-order valence-corrected chi connectivity index (χ4v) is 3.51. The lowest BCUT2D eigenvalue weighted by Gasteiger charge is -2.13. The molecular formula is C25H27BrN2O4. The summed E-state index contributed by atoms with van der Waals surface area (Å²) in [6, 6.07) is 18.7. The van der Waals surface area contributed by atoms with E-state index in [2.05, 4.69) is 33.7 Å². The summed E-state index contributed by atoms with van der Waals surface area (Å²) in [5.74, 6) is 0.122. The van der Waals surface area contributed by atoms with Crippen molar-refractivity contribution in [2.45, 2.75) is 32.6 Å². The number of hydrogen-bond acceptors (Lipinski definition) is 4. The van der Waals surface area contributed by atoms with Crippen molar-refractivity contribution in [1.82, 2.24) is 10.9 Å². The van der Waals surface area contributed by atoms with Gasteiger partial charge in [-0.25, -0.2) is 0 Å². The largest absolute Gasteiger partial charge is 0.493 e. The lowest BCUT2D eigenvalue weighted by molar-refractivity contribution is -0.123. The molecule has 2 N–H and O–H groups in total. The molecule has 0 spiro atoms. The van der Waals surface area contributed by atoms with Gasteiger partial charge in [0.25, 0.3) is 11.8 Å². The van der Waals surface area contributed by atoms with Crippen LogP contribution in [-0.4, -0.2) is 25.0 Å². The number of hydrogen-bond donors (Lipinski definition) is 2. The standard InChI is InChI=1S/C25H27BrN2O4/c1-2-3-4-7-14-31-23-13-11-20(26)16-22(23)25(30)28-27-24(29)17-32-21-12-10-18-8-5-6-9-19(18)15-21/h5-6,8-13,15-16H,2-4,7,14,17H2,1H3,(H,27,29)(H,28,30). The predicted molar refractivity (Wildman–Crippen MR) is 129 cm³/mol. The fourth-order valence-electron chi connectivity index (χ4n) is 3.15. The first-order valence-electron chi connectivity index (χ1n) is 10.7. The highest BCUT2D eigenvalue weighted by molar-refractivity contribution is 9.10. The number of fused-ring (bicyclic) bond motifs is 1. The van der Waals surface area contributed by atoms with E-state index < -0.39 is 11.8 Å². The molecule has 3 rings (SSSR count).